The van der Waals surface area contributed by atoms with Gasteiger partial charge in [0.1, 0.15) is 0 Å². The predicted molar refractivity (Wildman–Crippen MR) is 55.8 cm³/mol. The third-order valence-electron chi connectivity index (χ3n) is 1.59. The maximum atomic E-state index is 13.2. The molecule has 1 rings (SSSR count). The summed E-state index contributed by atoms with van der Waals surface area (Å²) in [6.45, 7) is -2.00. The van der Waals surface area contributed by atoms with Gasteiger partial charge in [0, 0.05) is 3.57 Å². The van der Waals surface area contributed by atoms with Crippen LogP contribution in [0.5, 0.6) is 5.75 Å². The molecule has 0 atom stereocenters. The summed E-state index contributed by atoms with van der Waals surface area (Å²) in [5.74, 6) is -2.19. The van der Waals surface area contributed by atoms with E-state index in [0.29, 0.717) is 3.57 Å². The van der Waals surface area contributed by atoms with E-state index < -0.39 is 24.0 Å². The standard InChI is InChI=1S/C9H6F3IO2/c1-4(14)6-2-5(13)3-7(10)8(6)15-9(11)12/h2-3,9H,1H3. The summed E-state index contributed by atoms with van der Waals surface area (Å²) in [6, 6.07) is 2.31. The summed E-state index contributed by atoms with van der Waals surface area (Å²) in [5.41, 5.74) is -0.181. The second kappa shape index (κ2) is 4.82. The molecule has 0 saturated carbocycles. The average Bonchev–Trinajstić information content (AvgIpc) is 2.08. The van der Waals surface area contributed by atoms with Crippen LogP contribution in [-0.4, -0.2) is 12.4 Å². The summed E-state index contributed by atoms with van der Waals surface area (Å²) in [7, 11) is 0. The Labute approximate surface area is 97.6 Å². The molecule has 0 bridgehead atoms. The van der Waals surface area contributed by atoms with Crippen molar-refractivity contribution >= 4 is 28.4 Å². The van der Waals surface area contributed by atoms with Crippen LogP contribution in [0.25, 0.3) is 0 Å². The van der Waals surface area contributed by atoms with Crippen molar-refractivity contribution in [1.29, 1.82) is 0 Å². The highest BCUT2D eigenvalue weighted by Crippen LogP contribution is 2.27. The van der Waals surface area contributed by atoms with E-state index in [2.05, 4.69) is 4.74 Å². The van der Waals surface area contributed by atoms with Crippen LogP contribution in [0.1, 0.15) is 17.3 Å². The van der Waals surface area contributed by atoms with Gasteiger partial charge in [-0.25, -0.2) is 4.39 Å². The fourth-order valence-electron chi connectivity index (χ4n) is 1.03. The minimum absolute atomic E-state index is 0.181. The molecule has 1 aromatic rings. The van der Waals surface area contributed by atoms with E-state index in [1.54, 1.807) is 22.6 Å². The van der Waals surface area contributed by atoms with Crippen LogP contribution >= 0.6 is 22.6 Å². The highest BCUT2D eigenvalue weighted by molar-refractivity contribution is 14.1. The molecule has 0 fully saturated rings. The number of ether oxygens (including phenoxy) is 1. The van der Waals surface area contributed by atoms with E-state index in [4.69, 9.17) is 0 Å². The quantitative estimate of drug-likeness (QED) is 0.628. The summed E-state index contributed by atoms with van der Waals surface area (Å²) < 4.78 is 41.5. The Morgan fingerprint density at radius 1 is 1.47 bits per heavy atom. The lowest BCUT2D eigenvalue weighted by Crippen LogP contribution is -2.08. The first-order valence-electron chi connectivity index (χ1n) is 3.86. The van der Waals surface area contributed by atoms with Crippen molar-refractivity contribution in [3.8, 4) is 5.75 Å². The molecule has 0 unspecified atom stereocenters. The summed E-state index contributed by atoms with van der Waals surface area (Å²) in [6.07, 6.45) is 0. The number of hydrogen-bond donors (Lipinski definition) is 0. The number of rotatable bonds is 3. The van der Waals surface area contributed by atoms with Gasteiger partial charge in [-0.2, -0.15) is 8.78 Å². The third kappa shape index (κ3) is 3.08. The van der Waals surface area contributed by atoms with Gasteiger partial charge >= 0.3 is 6.61 Å². The number of halogens is 4. The fourth-order valence-corrected chi connectivity index (χ4v) is 1.62. The Hall–Kier alpha value is -0.790. The van der Waals surface area contributed by atoms with Gasteiger partial charge in [0.25, 0.3) is 0 Å². The number of benzene rings is 1. The van der Waals surface area contributed by atoms with Crippen LogP contribution in [0.4, 0.5) is 13.2 Å². The molecule has 0 aliphatic rings. The first-order chi connectivity index (χ1) is 6.91. The van der Waals surface area contributed by atoms with Gasteiger partial charge in [0.2, 0.25) is 0 Å². The summed E-state index contributed by atoms with van der Waals surface area (Å²) in [5, 5.41) is 0. The normalized spacial score (nSPS) is 10.5. The van der Waals surface area contributed by atoms with Crippen molar-refractivity contribution < 1.29 is 22.7 Å². The van der Waals surface area contributed by atoms with Crippen molar-refractivity contribution in [2.75, 3.05) is 0 Å². The average molecular weight is 330 g/mol. The van der Waals surface area contributed by atoms with Gasteiger partial charge in [0.05, 0.1) is 5.56 Å². The Morgan fingerprint density at radius 2 is 2.07 bits per heavy atom. The monoisotopic (exact) mass is 330 g/mol. The maximum absolute atomic E-state index is 13.2. The molecular weight excluding hydrogens is 324 g/mol. The molecule has 15 heavy (non-hydrogen) atoms. The molecule has 0 aliphatic heterocycles. The molecule has 6 heteroatoms. The number of carbonyl (C=O) groups excluding carboxylic acids is 1. The van der Waals surface area contributed by atoms with Crippen LogP contribution < -0.4 is 4.74 Å². The second-order valence-corrected chi connectivity index (χ2v) is 3.94. The molecular formula is C9H6F3IO2. The van der Waals surface area contributed by atoms with Gasteiger partial charge in [0.15, 0.2) is 17.3 Å². The molecule has 0 amide bonds. The first kappa shape index (κ1) is 12.3. The molecule has 0 N–H and O–H groups in total. The number of ketones is 1. The van der Waals surface area contributed by atoms with Gasteiger partial charge in [-0.05, 0) is 41.6 Å². The van der Waals surface area contributed by atoms with Gasteiger partial charge in [-0.1, -0.05) is 0 Å². The van der Waals surface area contributed by atoms with E-state index in [-0.39, 0.29) is 5.56 Å². The summed E-state index contributed by atoms with van der Waals surface area (Å²) >= 11 is 1.78. The van der Waals surface area contributed by atoms with Gasteiger partial charge in [-0.15, -0.1) is 0 Å². The van der Waals surface area contributed by atoms with Crippen LogP contribution in [0.3, 0.4) is 0 Å². The van der Waals surface area contributed by atoms with E-state index in [9.17, 15) is 18.0 Å². The molecule has 0 radical (unpaired) electrons. The zero-order valence-electron chi connectivity index (χ0n) is 7.56. The molecule has 0 heterocycles. The summed E-state index contributed by atoms with van der Waals surface area (Å²) in [4.78, 5) is 11.1. The zero-order chi connectivity index (χ0) is 11.6. The van der Waals surface area contributed by atoms with Crippen molar-refractivity contribution in [1.82, 2.24) is 0 Å². The van der Waals surface area contributed by atoms with Crippen molar-refractivity contribution in [3.05, 3.63) is 27.1 Å². The van der Waals surface area contributed by atoms with Crippen LogP contribution in [0.15, 0.2) is 12.1 Å². The highest BCUT2D eigenvalue weighted by Gasteiger charge is 2.18. The lowest BCUT2D eigenvalue weighted by molar-refractivity contribution is -0.0525. The number of hydrogen-bond acceptors (Lipinski definition) is 2. The lowest BCUT2D eigenvalue weighted by Gasteiger charge is -2.10. The maximum Gasteiger partial charge on any atom is 0.387 e. The largest absolute Gasteiger partial charge is 0.431 e. The van der Waals surface area contributed by atoms with Gasteiger partial charge in [-0.3, -0.25) is 4.79 Å². The Kier molecular flexibility index (Phi) is 3.95. The Balaban J connectivity index is 3.27. The number of carbonyl (C=O) groups is 1. The molecule has 1 aromatic carbocycles. The van der Waals surface area contributed by atoms with Crippen LogP contribution in [0, 0.1) is 9.39 Å². The second-order valence-electron chi connectivity index (χ2n) is 2.70. The van der Waals surface area contributed by atoms with E-state index in [1.807, 2.05) is 0 Å². The first-order valence-corrected chi connectivity index (χ1v) is 4.94. The van der Waals surface area contributed by atoms with E-state index >= 15 is 0 Å². The van der Waals surface area contributed by atoms with Crippen LogP contribution in [0.2, 0.25) is 0 Å². The minimum Gasteiger partial charge on any atom is -0.431 e. The van der Waals surface area contributed by atoms with Crippen molar-refractivity contribution in [3.63, 3.8) is 0 Å². The Morgan fingerprint density at radius 3 is 2.53 bits per heavy atom. The molecule has 82 valence electrons. The molecule has 0 spiro atoms. The molecule has 0 saturated heterocycles. The molecule has 0 aliphatic carbocycles. The molecule has 0 aromatic heterocycles. The van der Waals surface area contributed by atoms with Gasteiger partial charge < -0.3 is 4.74 Å². The van der Waals surface area contributed by atoms with Crippen molar-refractivity contribution in [2.45, 2.75) is 13.5 Å². The predicted octanol–water partition coefficient (Wildman–Crippen LogP) is 3.23. The van der Waals surface area contributed by atoms with Crippen LogP contribution in [-0.2, 0) is 0 Å². The van der Waals surface area contributed by atoms with Crippen molar-refractivity contribution in [2.24, 2.45) is 0 Å². The number of Topliss-reactive ketones (excluding diaryl/α,β-unsaturated/α-hetero) is 1. The number of alkyl halides is 2. The zero-order valence-corrected chi connectivity index (χ0v) is 9.72. The smallest absolute Gasteiger partial charge is 0.387 e. The lowest BCUT2D eigenvalue weighted by atomic mass is 10.1. The van der Waals surface area contributed by atoms with E-state index in [1.165, 1.54) is 6.07 Å². The third-order valence-corrected chi connectivity index (χ3v) is 2.22. The fraction of sp³-hybridized carbons (Fsp3) is 0.222. The topological polar surface area (TPSA) is 26.3 Å². The molecule has 2 nitrogen and oxygen atoms in total. The SMILES string of the molecule is CC(=O)c1cc(I)cc(F)c1OC(F)F. The van der Waals surface area contributed by atoms with E-state index in [0.717, 1.165) is 13.0 Å². The highest BCUT2D eigenvalue weighted by atomic mass is 127. The minimum atomic E-state index is -3.15. The Bertz CT molecular complexity index is 393.